The molecule has 2 atom stereocenters. The number of rotatable bonds is 11. The Morgan fingerprint density at radius 3 is 2.67 bits per heavy atom. The monoisotopic (exact) mass is 490 g/mol. The predicted octanol–water partition coefficient (Wildman–Crippen LogP) is 5.93. The number of unbranched alkanes of at least 4 members (excludes halogenated alkanes) is 1. The second-order valence-electron chi connectivity index (χ2n) is 7.94. The lowest BCUT2D eigenvalue weighted by Crippen LogP contribution is -2.35. The molecule has 33 heavy (non-hydrogen) atoms. The van der Waals surface area contributed by atoms with Crippen LogP contribution in [0.4, 0.5) is 11.4 Å². The van der Waals surface area contributed by atoms with Crippen molar-refractivity contribution >= 4 is 41.1 Å². The first-order valence-corrected chi connectivity index (χ1v) is 13.4. The number of para-hydroxylation sites is 1. The van der Waals surface area contributed by atoms with Crippen LogP contribution in [0.5, 0.6) is 5.75 Å². The lowest BCUT2D eigenvalue weighted by Gasteiger charge is -2.30. The molecule has 2 aromatic carbocycles. The van der Waals surface area contributed by atoms with Crippen LogP contribution in [-0.4, -0.2) is 60.6 Å². The van der Waals surface area contributed by atoms with Gasteiger partial charge in [0.2, 0.25) is 0 Å². The lowest BCUT2D eigenvalue weighted by atomic mass is 10.1. The van der Waals surface area contributed by atoms with Gasteiger partial charge in [-0.25, -0.2) is 9.10 Å². The number of hydrogen-bond donors (Lipinski definition) is 1. The van der Waals surface area contributed by atoms with Crippen molar-refractivity contribution in [2.24, 2.45) is 0 Å². The number of fused-ring (bicyclic) bond motifs is 1. The lowest BCUT2D eigenvalue weighted by molar-refractivity contribution is -0.152. The first kappa shape index (κ1) is 25.7. The number of hydrogen-bond acceptors (Lipinski definition) is 7. The van der Waals surface area contributed by atoms with Gasteiger partial charge in [-0.2, -0.15) is 0 Å². The Balaban J connectivity index is 1.98. The minimum atomic E-state index is -1.01. The zero-order valence-corrected chi connectivity index (χ0v) is 21.5. The Morgan fingerprint density at radius 1 is 1.27 bits per heavy atom. The summed E-state index contributed by atoms with van der Waals surface area (Å²) in [6.45, 7) is 5.21. The molecule has 8 heteroatoms. The van der Waals surface area contributed by atoms with E-state index in [1.807, 2.05) is 18.4 Å². The molecule has 0 bridgehead atoms. The molecule has 0 spiro atoms. The summed E-state index contributed by atoms with van der Waals surface area (Å²) < 4.78 is 13.7. The van der Waals surface area contributed by atoms with Crippen molar-refractivity contribution in [3.63, 3.8) is 0 Å². The van der Waals surface area contributed by atoms with Crippen molar-refractivity contribution in [1.29, 1.82) is 0 Å². The average molecular weight is 491 g/mol. The highest BCUT2D eigenvalue weighted by molar-refractivity contribution is 7.98. The van der Waals surface area contributed by atoms with E-state index in [-0.39, 0.29) is 6.61 Å². The van der Waals surface area contributed by atoms with E-state index in [1.54, 1.807) is 30.6 Å². The zero-order valence-electron chi connectivity index (χ0n) is 19.8. The minimum Gasteiger partial charge on any atom is -0.489 e. The van der Waals surface area contributed by atoms with Crippen molar-refractivity contribution < 1.29 is 19.4 Å². The van der Waals surface area contributed by atoms with Gasteiger partial charge in [-0.15, -0.1) is 11.8 Å². The van der Waals surface area contributed by atoms with Crippen LogP contribution in [-0.2, 0) is 9.53 Å². The zero-order chi connectivity index (χ0) is 23.8. The van der Waals surface area contributed by atoms with E-state index in [4.69, 9.17) is 9.47 Å². The maximum atomic E-state index is 11.5. The standard InChI is InChI=1S/C25H34N2O4S2/c1-5-7-11-19-16-27(18-12-9-8-10-13-18)20-14-24(32-4)21(15-23(20)33-26(19)3)31-17-22(25(28)29)30-6-2/h8-10,12-15,19,22H,5-7,11,16-17H2,1-4H3,(H,28,29). The van der Waals surface area contributed by atoms with E-state index in [2.05, 4.69) is 53.5 Å². The molecule has 0 aromatic heterocycles. The molecule has 3 rings (SSSR count). The summed E-state index contributed by atoms with van der Waals surface area (Å²) in [5.74, 6) is -0.325. The van der Waals surface area contributed by atoms with Crippen LogP contribution in [0.3, 0.4) is 0 Å². The second-order valence-corrected chi connectivity index (χ2v) is 9.99. The van der Waals surface area contributed by atoms with Gasteiger partial charge >= 0.3 is 5.97 Å². The van der Waals surface area contributed by atoms with Crippen LogP contribution in [0.2, 0.25) is 0 Å². The van der Waals surface area contributed by atoms with E-state index >= 15 is 0 Å². The van der Waals surface area contributed by atoms with Crippen molar-refractivity contribution in [1.82, 2.24) is 4.31 Å². The molecule has 1 heterocycles. The van der Waals surface area contributed by atoms with Gasteiger partial charge in [0.05, 0.1) is 15.5 Å². The molecule has 2 unspecified atom stereocenters. The van der Waals surface area contributed by atoms with Gasteiger partial charge in [0.1, 0.15) is 12.4 Å². The van der Waals surface area contributed by atoms with Gasteiger partial charge in [-0.1, -0.05) is 38.0 Å². The first-order chi connectivity index (χ1) is 16.0. The Kier molecular flexibility index (Phi) is 9.79. The first-order valence-electron chi connectivity index (χ1n) is 11.4. The molecule has 2 aromatic rings. The van der Waals surface area contributed by atoms with Crippen LogP contribution < -0.4 is 9.64 Å². The molecule has 0 saturated heterocycles. The molecular formula is C25H34N2O4S2. The second kappa shape index (κ2) is 12.6. The quantitative estimate of drug-likeness (QED) is 0.307. The fraction of sp³-hybridized carbons (Fsp3) is 0.480. The van der Waals surface area contributed by atoms with Crippen molar-refractivity contribution in [3.8, 4) is 5.75 Å². The fourth-order valence-electron chi connectivity index (χ4n) is 3.86. The number of ether oxygens (including phenoxy) is 2. The van der Waals surface area contributed by atoms with Gasteiger partial charge in [0, 0.05) is 24.9 Å². The van der Waals surface area contributed by atoms with E-state index in [9.17, 15) is 9.90 Å². The van der Waals surface area contributed by atoms with Crippen LogP contribution in [0.15, 0.2) is 52.3 Å². The Morgan fingerprint density at radius 2 is 2.03 bits per heavy atom. The Labute approximate surface area is 205 Å². The summed E-state index contributed by atoms with van der Waals surface area (Å²) in [6, 6.07) is 15.1. The van der Waals surface area contributed by atoms with E-state index in [1.165, 1.54) is 18.5 Å². The molecule has 1 N–H and O–H groups in total. The smallest absolute Gasteiger partial charge is 0.336 e. The highest BCUT2D eigenvalue weighted by Gasteiger charge is 2.29. The van der Waals surface area contributed by atoms with Crippen molar-refractivity contribution in [2.75, 3.05) is 38.0 Å². The third kappa shape index (κ3) is 6.59. The summed E-state index contributed by atoms with van der Waals surface area (Å²) in [5, 5.41) is 9.41. The van der Waals surface area contributed by atoms with Crippen LogP contribution in [0.25, 0.3) is 0 Å². The molecule has 0 fully saturated rings. The van der Waals surface area contributed by atoms with Crippen LogP contribution >= 0.6 is 23.7 Å². The van der Waals surface area contributed by atoms with Crippen LogP contribution in [0.1, 0.15) is 33.1 Å². The number of aliphatic carboxylic acids is 1. The Bertz CT molecular complexity index is 913. The van der Waals surface area contributed by atoms with Gasteiger partial charge in [-0.3, -0.25) is 0 Å². The number of nitrogens with zero attached hydrogens (tertiary/aromatic N) is 2. The maximum Gasteiger partial charge on any atom is 0.336 e. The molecule has 0 radical (unpaired) electrons. The number of carboxylic acid groups (broad SMARTS) is 1. The Hall–Kier alpha value is -1.87. The maximum absolute atomic E-state index is 11.5. The largest absolute Gasteiger partial charge is 0.489 e. The van der Waals surface area contributed by atoms with Gasteiger partial charge in [0.15, 0.2) is 6.10 Å². The topological polar surface area (TPSA) is 62.2 Å². The summed E-state index contributed by atoms with van der Waals surface area (Å²) in [6.07, 6.45) is 4.51. The van der Waals surface area contributed by atoms with Gasteiger partial charge < -0.3 is 19.5 Å². The van der Waals surface area contributed by atoms with Crippen molar-refractivity contribution in [3.05, 3.63) is 42.5 Å². The molecule has 0 aliphatic carbocycles. The highest BCUT2D eigenvalue weighted by Crippen LogP contribution is 2.45. The number of carbonyl (C=O) groups is 1. The number of likely N-dealkylation sites (N-methyl/N-ethyl adjacent to an activating group) is 1. The third-order valence-electron chi connectivity index (χ3n) is 5.68. The molecule has 180 valence electrons. The molecular weight excluding hydrogens is 456 g/mol. The van der Waals surface area contributed by atoms with E-state index in [0.717, 1.165) is 28.4 Å². The van der Waals surface area contributed by atoms with E-state index < -0.39 is 12.1 Å². The van der Waals surface area contributed by atoms with E-state index in [0.29, 0.717) is 18.4 Å². The molecule has 1 aliphatic rings. The molecule has 0 amide bonds. The summed E-state index contributed by atoms with van der Waals surface area (Å²) in [7, 11) is 2.15. The third-order valence-corrected chi connectivity index (χ3v) is 7.55. The number of carboxylic acids is 1. The summed E-state index contributed by atoms with van der Waals surface area (Å²) >= 11 is 3.33. The SMILES string of the molecule is CCCCC1CN(c2ccccc2)c2cc(SC)c(OCC(OCC)C(=O)O)cc2SN1C. The normalized spacial score (nSPS) is 17.3. The average Bonchev–Trinajstić information content (AvgIpc) is 2.95. The van der Waals surface area contributed by atoms with Crippen molar-refractivity contribution in [2.45, 2.75) is 55.0 Å². The molecule has 0 saturated carbocycles. The minimum absolute atomic E-state index is 0.0302. The summed E-state index contributed by atoms with van der Waals surface area (Å²) in [4.78, 5) is 16.0. The number of thioether (sulfide) groups is 1. The predicted molar refractivity (Wildman–Crippen MR) is 137 cm³/mol. The number of anilines is 2. The molecule has 1 aliphatic heterocycles. The summed E-state index contributed by atoms with van der Waals surface area (Å²) in [5.41, 5.74) is 2.31. The van der Waals surface area contributed by atoms with Gasteiger partial charge in [0.25, 0.3) is 0 Å². The number of benzene rings is 2. The van der Waals surface area contributed by atoms with Gasteiger partial charge in [-0.05, 0) is 62.9 Å². The van der Waals surface area contributed by atoms with Crippen LogP contribution in [0, 0.1) is 0 Å². The molecule has 6 nitrogen and oxygen atoms in total. The highest BCUT2D eigenvalue weighted by atomic mass is 32.2. The fourth-order valence-corrected chi connectivity index (χ4v) is 5.47.